The van der Waals surface area contributed by atoms with Gasteiger partial charge in [0.25, 0.3) is 0 Å². The average Bonchev–Trinajstić information content (AvgIpc) is 2.41. The van der Waals surface area contributed by atoms with E-state index in [1.165, 1.54) is 0 Å². The van der Waals surface area contributed by atoms with Crippen molar-refractivity contribution in [2.45, 2.75) is 44.4 Å². The first-order valence-electron chi connectivity index (χ1n) is 7.01. The molecule has 0 aromatic heterocycles. The number of benzene rings is 1. The number of aliphatic hydroxyl groups is 1. The van der Waals surface area contributed by atoms with E-state index < -0.39 is 0 Å². The van der Waals surface area contributed by atoms with Gasteiger partial charge in [-0.3, -0.25) is 4.79 Å². The molecule has 0 saturated carbocycles. The summed E-state index contributed by atoms with van der Waals surface area (Å²) in [5, 5.41) is 12.3. The Morgan fingerprint density at radius 1 is 1.30 bits per heavy atom. The molecule has 0 bridgehead atoms. The molecule has 1 atom stereocenters. The van der Waals surface area contributed by atoms with Crippen molar-refractivity contribution >= 4 is 17.7 Å². The van der Waals surface area contributed by atoms with E-state index in [-0.39, 0.29) is 23.3 Å². The highest BCUT2D eigenvalue weighted by atomic mass is 32.2. The summed E-state index contributed by atoms with van der Waals surface area (Å²) in [6.45, 7) is 6.45. The number of carbonyl (C=O) groups excluding carboxylic acids is 1. The summed E-state index contributed by atoms with van der Waals surface area (Å²) in [7, 11) is 0. The summed E-state index contributed by atoms with van der Waals surface area (Å²) in [6.07, 6.45) is 1.37. The number of aliphatic hydroxyl groups excluding tert-OH is 1. The first-order valence-corrected chi connectivity index (χ1v) is 8.00. The van der Waals surface area contributed by atoms with Gasteiger partial charge in [0.2, 0.25) is 5.91 Å². The molecule has 0 fully saturated rings. The van der Waals surface area contributed by atoms with Crippen molar-refractivity contribution in [1.29, 1.82) is 0 Å². The van der Waals surface area contributed by atoms with Gasteiger partial charge < -0.3 is 10.4 Å². The van der Waals surface area contributed by atoms with E-state index in [0.717, 1.165) is 17.7 Å². The number of hydrogen-bond acceptors (Lipinski definition) is 3. The van der Waals surface area contributed by atoms with Crippen LogP contribution < -0.4 is 5.32 Å². The topological polar surface area (TPSA) is 49.3 Å². The molecular weight excluding hydrogens is 270 g/mol. The van der Waals surface area contributed by atoms with Crippen LogP contribution in [0.3, 0.4) is 0 Å². The summed E-state index contributed by atoms with van der Waals surface area (Å²) in [5.41, 5.74) is 0.937. The molecule has 1 amide bonds. The Morgan fingerprint density at radius 3 is 2.50 bits per heavy atom. The minimum absolute atomic E-state index is 0.00223. The third-order valence-corrected chi connectivity index (χ3v) is 4.16. The van der Waals surface area contributed by atoms with Gasteiger partial charge in [0.1, 0.15) is 0 Å². The Labute approximate surface area is 126 Å². The van der Waals surface area contributed by atoms with Gasteiger partial charge in [-0.25, -0.2) is 0 Å². The molecule has 3 nitrogen and oxygen atoms in total. The average molecular weight is 295 g/mol. The Bertz CT molecular complexity index is 401. The highest BCUT2D eigenvalue weighted by Crippen LogP contribution is 2.24. The molecule has 0 aliphatic heterocycles. The smallest absolute Gasteiger partial charge is 0.220 e. The normalized spacial score (nSPS) is 13.0. The molecule has 1 aromatic rings. The van der Waals surface area contributed by atoms with E-state index in [1.54, 1.807) is 0 Å². The second kappa shape index (κ2) is 8.32. The first kappa shape index (κ1) is 17.1. The summed E-state index contributed by atoms with van der Waals surface area (Å²) < 4.78 is 0.244. The first-order chi connectivity index (χ1) is 9.42. The van der Waals surface area contributed by atoms with Crippen LogP contribution in [0.25, 0.3) is 0 Å². The lowest BCUT2D eigenvalue weighted by molar-refractivity contribution is -0.122. The predicted octanol–water partition coefficient (Wildman–Crippen LogP) is 3.15. The van der Waals surface area contributed by atoms with E-state index in [9.17, 15) is 9.90 Å². The van der Waals surface area contributed by atoms with Crippen molar-refractivity contribution in [2.24, 2.45) is 0 Å². The second-order valence-electron chi connectivity index (χ2n) is 5.78. The van der Waals surface area contributed by atoms with E-state index in [2.05, 4.69) is 26.1 Å². The number of nitrogens with one attached hydrogen (secondary N) is 1. The largest absolute Gasteiger partial charge is 0.394 e. The molecule has 0 radical (unpaired) electrons. The standard InChI is InChI=1S/C16H25NO2S/c1-16(2,3)20-11-7-10-15(19)17-14(12-18)13-8-5-4-6-9-13/h4-6,8-9,14,18H,7,10-12H2,1-3H3,(H,17,19)/t14-/m1/s1. The van der Waals surface area contributed by atoms with Crippen molar-refractivity contribution in [3.63, 3.8) is 0 Å². The van der Waals surface area contributed by atoms with Gasteiger partial charge in [-0.05, 0) is 17.7 Å². The molecule has 0 saturated heterocycles. The zero-order chi connectivity index (χ0) is 15.0. The van der Waals surface area contributed by atoms with E-state index >= 15 is 0 Å². The molecule has 20 heavy (non-hydrogen) atoms. The molecule has 112 valence electrons. The number of carbonyl (C=O) groups is 1. The molecule has 0 spiro atoms. The van der Waals surface area contributed by atoms with Crippen molar-refractivity contribution in [3.05, 3.63) is 35.9 Å². The van der Waals surface area contributed by atoms with Crippen LogP contribution >= 0.6 is 11.8 Å². The molecule has 4 heteroatoms. The Balaban J connectivity index is 2.34. The van der Waals surface area contributed by atoms with Gasteiger partial charge in [-0.15, -0.1) is 0 Å². The monoisotopic (exact) mass is 295 g/mol. The van der Waals surface area contributed by atoms with Crippen molar-refractivity contribution in [3.8, 4) is 0 Å². The second-order valence-corrected chi connectivity index (χ2v) is 7.70. The van der Waals surface area contributed by atoms with E-state index in [1.807, 2.05) is 42.1 Å². The fraction of sp³-hybridized carbons (Fsp3) is 0.562. The number of amides is 1. The van der Waals surface area contributed by atoms with Crippen molar-refractivity contribution in [1.82, 2.24) is 5.32 Å². The van der Waals surface area contributed by atoms with Crippen molar-refractivity contribution < 1.29 is 9.90 Å². The zero-order valence-corrected chi connectivity index (χ0v) is 13.4. The van der Waals surface area contributed by atoms with E-state index in [0.29, 0.717) is 6.42 Å². The van der Waals surface area contributed by atoms with Crippen LogP contribution in [-0.4, -0.2) is 28.1 Å². The minimum Gasteiger partial charge on any atom is -0.394 e. The quantitative estimate of drug-likeness (QED) is 0.760. The number of thioether (sulfide) groups is 1. The summed E-state index contributed by atoms with van der Waals surface area (Å²) in [4.78, 5) is 11.9. The lowest BCUT2D eigenvalue weighted by Gasteiger charge is -2.18. The van der Waals surface area contributed by atoms with Crippen LogP contribution in [0.15, 0.2) is 30.3 Å². The lowest BCUT2D eigenvalue weighted by atomic mass is 10.1. The van der Waals surface area contributed by atoms with Crippen LogP contribution in [0.4, 0.5) is 0 Å². The summed E-state index contributed by atoms with van der Waals surface area (Å²) in [6, 6.07) is 9.25. The third-order valence-electron chi connectivity index (χ3n) is 2.80. The lowest BCUT2D eigenvalue weighted by Crippen LogP contribution is -2.30. The van der Waals surface area contributed by atoms with Crippen LogP contribution in [-0.2, 0) is 4.79 Å². The Morgan fingerprint density at radius 2 is 1.95 bits per heavy atom. The van der Waals surface area contributed by atoms with Crippen LogP contribution in [0.5, 0.6) is 0 Å². The van der Waals surface area contributed by atoms with Gasteiger partial charge in [-0.2, -0.15) is 11.8 Å². The number of rotatable bonds is 7. The molecule has 1 aromatic carbocycles. The Hall–Kier alpha value is -1.00. The van der Waals surface area contributed by atoms with Crippen LogP contribution in [0, 0.1) is 0 Å². The van der Waals surface area contributed by atoms with Crippen LogP contribution in [0.2, 0.25) is 0 Å². The highest BCUT2D eigenvalue weighted by Gasteiger charge is 2.14. The molecule has 0 unspecified atom stereocenters. The fourth-order valence-corrected chi connectivity index (χ4v) is 2.70. The molecule has 0 aliphatic rings. The molecule has 0 aliphatic carbocycles. The van der Waals surface area contributed by atoms with Gasteiger partial charge in [0.05, 0.1) is 12.6 Å². The molecular formula is C16H25NO2S. The summed E-state index contributed by atoms with van der Waals surface area (Å²) >= 11 is 1.87. The van der Waals surface area contributed by atoms with Crippen LogP contribution in [0.1, 0.15) is 45.2 Å². The fourth-order valence-electron chi connectivity index (χ4n) is 1.80. The maximum Gasteiger partial charge on any atom is 0.220 e. The SMILES string of the molecule is CC(C)(C)SCCCC(=O)N[C@H](CO)c1ccccc1. The maximum absolute atomic E-state index is 11.9. The molecule has 0 heterocycles. The number of hydrogen-bond donors (Lipinski definition) is 2. The van der Waals surface area contributed by atoms with Gasteiger partial charge >= 0.3 is 0 Å². The Kier molecular flexibility index (Phi) is 7.10. The van der Waals surface area contributed by atoms with Gasteiger partial charge in [0.15, 0.2) is 0 Å². The maximum atomic E-state index is 11.9. The van der Waals surface area contributed by atoms with Gasteiger partial charge in [-0.1, -0.05) is 51.1 Å². The molecule has 2 N–H and O–H groups in total. The van der Waals surface area contributed by atoms with E-state index in [4.69, 9.17) is 0 Å². The zero-order valence-electron chi connectivity index (χ0n) is 12.6. The highest BCUT2D eigenvalue weighted by molar-refractivity contribution is 8.00. The summed E-state index contributed by atoms with van der Waals surface area (Å²) in [5.74, 6) is 0.980. The predicted molar refractivity (Wildman–Crippen MR) is 85.9 cm³/mol. The molecule has 1 rings (SSSR count). The third kappa shape index (κ3) is 6.96. The minimum atomic E-state index is -0.307. The van der Waals surface area contributed by atoms with Gasteiger partial charge in [0, 0.05) is 11.2 Å². The van der Waals surface area contributed by atoms with Crippen molar-refractivity contribution in [2.75, 3.05) is 12.4 Å².